The number of hydrogen-bond acceptors (Lipinski definition) is 2. The summed E-state index contributed by atoms with van der Waals surface area (Å²) in [6.45, 7) is 2.28. The molecule has 148 valence electrons. The maximum absolute atomic E-state index is 5.88. The van der Waals surface area contributed by atoms with Gasteiger partial charge in [0.05, 0.1) is 0 Å². The quantitative estimate of drug-likeness (QED) is 0.299. The van der Waals surface area contributed by atoms with Gasteiger partial charge >= 0.3 is 0 Å². The van der Waals surface area contributed by atoms with Gasteiger partial charge in [-0.1, -0.05) is 89.0 Å². The molecule has 27 heavy (non-hydrogen) atoms. The van der Waals surface area contributed by atoms with Crippen molar-refractivity contribution in [3.05, 3.63) is 59.2 Å². The predicted octanol–water partition coefficient (Wildman–Crippen LogP) is 6.91. The van der Waals surface area contributed by atoms with E-state index in [1.807, 2.05) is 12.1 Å². The number of rotatable bonds is 13. The van der Waals surface area contributed by atoms with Crippen molar-refractivity contribution in [2.24, 2.45) is 0 Å². The third-order valence-electron chi connectivity index (χ3n) is 5.29. The molecule has 0 atom stereocenters. The number of nitrogen functional groups attached to an aromatic ring is 2. The van der Waals surface area contributed by atoms with Crippen molar-refractivity contribution in [2.45, 2.75) is 84.0 Å². The van der Waals surface area contributed by atoms with Gasteiger partial charge < -0.3 is 11.5 Å². The minimum Gasteiger partial charge on any atom is -0.399 e. The highest BCUT2D eigenvalue weighted by Gasteiger charge is 2.01. The van der Waals surface area contributed by atoms with Crippen molar-refractivity contribution in [3.63, 3.8) is 0 Å². The lowest BCUT2D eigenvalue weighted by molar-refractivity contribution is 0.556. The topological polar surface area (TPSA) is 52.0 Å². The Hall–Kier alpha value is -1.96. The maximum atomic E-state index is 5.88. The first-order valence-electron chi connectivity index (χ1n) is 10.9. The summed E-state index contributed by atoms with van der Waals surface area (Å²) < 4.78 is 0. The SMILES string of the molecule is CCCCCCCCCCCCc1ccc(Cc2cc(N)cc(N)c2)cc1. The molecule has 2 rings (SSSR count). The van der Waals surface area contributed by atoms with E-state index in [2.05, 4.69) is 31.2 Å². The van der Waals surface area contributed by atoms with Crippen LogP contribution in [0.15, 0.2) is 42.5 Å². The summed E-state index contributed by atoms with van der Waals surface area (Å²) in [7, 11) is 0. The third-order valence-corrected chi connectivity index (χ3v) is 5.29. The number of benzene rings is 2. The number of anilines is 2. The molecule has 0 aliphatic rings. The van der Waals surface area contributed by atoms with Crippen molar-refractivity contribution in [2.75, 3.05) is 11.5 Å². The normalized spacial score (nSPS) is 11.0. The van der Waals surface area contributed by atoms with Gasteiger partial charge in [-0.25, -0.2) is 0 Å². The van der Waals surface area contributed by atoms with Crippen molar-refractivity contribution < 1.29 is 0 Å². The van der Waals surface area contributed by atoms with Crippen molar-refractivity contribution in [3.8, 4) is 0 Å². The average molecular weight is 367 g/mol. The first-order valence-corrected chi connectivity index (χ1v) is 10.9. The van der Waals surface area contributed by atoms with E-state index in [9.17, 15) is 0 Å². The molecular formula is C25H38N2. The highest BCUT2D eigenvalue weighted by Crippen LogP contribution is 2.18. The second kappa shape index (κ2) is 12.4. The smallest absolute Gasteiger partial charge is 0.0337 e. The van der Waals surface area contributed by atoms with Gasteiger partial charge in [-0.05, 0) is 54.2 Å². The van der Waals surface area contributed by atoms with Gasteiger partial charge in [0, 0.05) is 11.4 Å². The summed E-state index contributed by atoms with van der Waals surface area (Å²) in [5.74, 6) is 0. The molecule has 2 aromatic rings. The number of nitrogens with two attached hydrogens (primary N) is 2. The molecule has 2 heteroatoms. The van der Waals surface area contributed by atoms with Crippen molar-refractivity contribution >= 4 is 11.4 Å². The van der Waals surface area contributed by atoms with E-state index in [4.69, 9.17) is 11.5 Å². The summed E-state index contributed by atoms with van der Waals surface area (Å²) in [6, 6.07) is 14.9. The van der Waals surface area contributed by atoms with Crippen LogP contribution in [0.3, 0.4) is 0 Å². The van der Waals surface area contributed by atoms with Crippen LogP contribution in [0.5, 0.6) is 0 Å². The number of hydrogen-bond donors (Lipinski definition) is 2. The highest BCUT2D eigenvalue weighted by molar-refractivity contribution is 5.55. The maximum Gasteiger partial charge on any atom is 0.0337 e. The Morgan fingerprint density at radius 2 is 1.04 bits per heavy atom. The van der Waals surface area contributed by atoms with Gasteiger partial charge in [0.25, 0.3) is 0 Å². The zero-order valence-corrected chi connectivity index (χ0v) is 17.2. The van der Waals surface area contributed by atoms with Gasteiger partial charge in [0.15, 0.2) is 0 Å². The Labute approximate surface area is 166 Å². The molecule has 0 aliphatic heterocycles. The molecule has 4 N–H and O–H groups in total. The Morgan fingerprint density at radius 3 is 1.59 bits per heavy atom. The molecule has 0 saturated heterocycles. The van der Waals surface area contributed by atoms with E-state index in [-0.39, 0.29) is 0 Å². The zero-order valence-electron chi connectivity index (χ0n) is 17.2. The Kier molecular flexibility index (Phi) is 9.83. The van der Waals surface area contributed by atoms with E-state index in [1.165, 1.54) is 87.3 Å². The van der Waals surface area contributed by atoms with Gasteiger partial charge in [0.2, 0.25) is 0 Å². The predicted molar refractivity (Wildman–Crippen MR) is 120 cm³/mol. The Balaban J connectivity index is 1.60. The van der Waals surface area contributed by atoms with Gasteiger partial charge in [0.1, 0.15) is 0 Å². The molecule has 2 nitrogen and oxygen atoms in total. The molecule has 0 radical (unpaired) electrons. The lowest BCUT2D eigenvalue weighted by atomic mass is 10.00. The fraction of sp³-hybridized carbons (Fsp3) is 0.520. The van der Waals surface area contributed by atoms with Crippen molar-refractivity contribution in [1.82, 2.24) is 0 Å². The van der Waals surface area contributed by atoms with Crippen LogP contribution in [0.1, 0.15) is 87.8 Å². The summed E-state index contributed by atoms with van der Waals surface area (Å²) >= 11 is 0. The second-order valence-corrected chi connectivity index (χ2v) is 7.93. The van der Waals surface area contributed by atoms with Crippen LogP contribution in [0.2, 0.25) is 0 Å². The van der Waals surface area contributed by atoms with Crippen LogP contribution >= 0.6 is 0 Å². The van der Waals surface area contributed by atoms with Crippen LogP contribution < -0.4 is 11.5 Å². The summed E-state index contributed by atoms with van der Waals surface area (Å²) in [6.07, 6.45) is 16.0. The largest absolute Gasteiger partial charge is 0.399 e. The minimum absolute atomic E-state index is 0.738. The first kappa shape index (κ1) is 21.3. The average Bonchev–Trinajstić information content (AvgIpc) is 2.64. The fourth-order valence-electron chi connectivity index (χ4n) is 3.72. The van der Waals surface area contributed by atoms with E-state index in [0.29, 0.717) is 0 Å². The first-order chi connectivity index (χ1) is 13.2. The summed E-state index contributed by atoms with van der Waals surface area (Å²) in [5.41, 5.74) is 17.2. The molecule has 0 aliphatic carbocycles. The van der Waals surface area contributed by atoms with Crippen LogP contribution in [0.4, 0.5) is 11.4 Å². The van der Waals surface area contributed by atoms with Crippen LogP contribution in [0, 0.1) is 0 Å². The molecule has 0 fully saturated rings. The lowest BCUT2D eigenvalue weighted by Crippen LogP contribution is -1.95. The van der Waals surface area contributed by atoms with Gasteiger partial charge in [-0.15, -0.1) is 0 Å². The third kappa shape index (κ3) is 8.99. The van der Waals surface area contributed by atoms with E-state index < -0.39 is 0 Å². The molecular weight excluding hydrogens is 328 g/mol. The lowest BCUT2D eigenvalue weighted by Gasteiger charge is -2.07. The Bertz CT molecular complexity index is 626. The molecule has 0 saturated carbocycles. The standard InChI is InChI=1S/C25H38N2/c1-2-3-4-5-6-7-8-9-10-11-12-21-13-15-22(16-14-21)17-23-18-24(26)20-25(27)19-23/h13-16,18-20H,2-12,17,26-27H2,1H3. The minimum atomic E-state index is 0.738. The summed E-state index contributed by atoms with van der Waals surface area (Å²) in [4.78, 5) is 0. The molecule has 2 aromatic carbocycles. The molecule has 0 amide bonds. The molecule has 0 aromatic heterocycles. The van der Waals surface area contributed by atoms with Crippen LogP contribution in [-0.4, -0.2) is 0 Å². The molecule has 0 unspecified atom stereocenters. The van der Waals surface area contributed by atoms with Gasteiger partial charge in [-0.2, -0.15) is 0 Å². The number of unbranched alkanes of at least 4 members (excludes halogenated alkanes) is 9. The van der Waals surface area contributed by atoms with Crippen molar-refractivity contribution in [1.29, 1.82) is 0 Å². The number of aryl methyl sites for hydroxylation is 1. The van der Waals surface area contributed by atoms with E-state index >= 15 is 0 Å². The highest BCUT2D eigenvalue weighted by atomic mass is 14.6. The van der Waals surface area contributed by atoms with E-state index in [1.54, 1.807) is 6.07 Å². The molecule has 0 spiro atoms. The zero-order chi connectivity index (χ0) is 19.3. The van der Waals surface area contributed by atoms with E-state index in [0.717, 1.165) is 17.8 Å². The van der Waals surface area contributed by atoms with Crippen LogP contribution in [-0.2, 0) is 12.8 Å². The van der Waals surface area contributed by atoms with Gasteiger partial charge in [-0.3, -0.25) is 0 Å². The molecule has 0 heterocycles. The molecule has 0 bridgehead atoms. The monoisotopic (exact) mass is 366 g/mol. The van der Waals surface area contributed by atoms with Crippen LogP contribution in [0.25, 0.3) is 0 Å². The fourth-order valence-corrected chi connectivity index (χ4v) is 3.72. The second-order valence-electron chi connectivity index (χ2n) is 7.93. The summed E-state index contributed by atoms with van der Waals surface area (Å²) in [5, 5.41) is 0. The Morgan fingerprint density at radius 1 is 0.556 bits per heavy atom.